The molecule has 2 unspecified atom stereocenters. The van der Waals surface area contributed by atoms with Gasteiger partial charge >= 0.3 is 5.97 Å². The van der Waals surface area contributed by atoms with Gasteiger partial charge in [-0.05, 0) is 61.3 Å². The van der Waals surface area contributed by atoms with Crippen LogP contribution in [0.2, 0.25) is 0 Å². The Hall–Kier alpha value is -1.71. The topological polar surface area (TPSA) is 60.4 Å². The van der Waals surface area contributed by atoms with Gasteiger partial charge in [0.2, 0.25) is 0 Å². The fourth-order valence-corrected chi connectivity index (χ4v) is 7.17. The molecule has 0 aromatic carbocycles. The lowest BCUT2D eigenvalue weighted by atomic mass is 9.51. The van der Waals surface area contributed by atoms with Crippen molar-refractivity contribution < 1.29 is 19.1 Å². The van der Waals surface area contributed by atoms with Crippen LogP contribution < -0.4 is 0 Å². The van der Waals surface area contributed by atoms with E-state index in [9.17, 15) is 14.4 Å². The molecule has 4 aliphatic rings. The summed E-state index contributed by atoms with van der Waals surface area (Å²) < 4.78 is 5.05. The predicted molar refractivity (Wildman–Crippen MR) is 106 cm³/mol. The van der Waals surface area contributed by atoms with Crippen molar-refractivity contribution in [3.05, 3.63) is 23.3 Å². The highest BCUT2D eigenvalue weighted by Crippen LogP contribution is 2.65. The summed E-state index contributed by atoms with van der Waals surface area (Å²) in [5.41, 5.74) is 2.82. The summed E-state index contributed by atoms with van der Waals surface area (Å²) in [6.07, 6.45) is 9.94. The Kier molecular flexibility index (Phi) is 4.67. The van der Waals surface area contributed by atoms with Gasteiger partial charge in [0.25, 0.3) is 0 Å². The first-order chi connectivity index (χ1) is 13.2. The maximum atomic E-state index is 13.0. The minimum Gasteiger partial charge on any atom is -0.458 e. The zero-order valence-electron chi connectivity index (χ0n) is 17.5. The number of carbonyl (C=O) groups is 3. The lowest BCUT2D eigenvalue weighted by molar-refractivity contribution is -0.148. The number of ketones is 2. The summed E-state index contributed by atoms with van der Waals surface area (Å²) in [5, 5.41) is 0. The van der Waals surface area contributed by atoms with Crippen molar-refractivity contribution in [2.24, 2.45) is 34.5 Å². The van der Waals surface area contributed by atoms with Crippen LogP contribution >= 0.6 is 0 Å². The van der Waals surface area contributed by atoms with Gasteiger partial charge in [0.05, 0.1) is 0 Å². The van der Waals surface area contributed by atoms with Gasteiger partial charge in [0, 0.05) is 24.7 Å². The first-order valence-corrected chi connectivity index (χ1v) is 10.8. The van der Waals surface area contributed by atoms with E-state index in [4.69, 9.17) is 4.74 Å². The van der Waals surface area contributed by atoms with Crippen LogP contribution in [0, 0.1) is 34.5 Å². The highest BCUT2D eigenvalue weighted by molar-refractivity contribution is 5.92. The van der Waals surface area contributed by atoms with Crippen molar-refractivity contribution in [3.8, 4) is 0 Å². The molecule has 0 N–H and O–H groups in total. The highest BCUT2D eigenvalue weighted by Gasteiger charge is 2.59. The second-order valence-corrected chi connectivity index (χ2v) is 10.0. The van der Waals surface area contributed by atoms with Crippen LogP contribution in [0.3, 0.4) is 0 Å². The first-order valence-electron chi connectivity index (χ1n) is 10.8. The molecule has 0 aliphatic heterocycles. The molecule has 0 amide bonds. The molecule has 0 aromatic heterocycles. The number of hydrogen-bond acceptors (Lipinski definition) is 4. The highest BCUT2D eigenvalue weighted by atomic mass is 16.5. The molecule has 0 saturated heterocycles. The Balaban J connectivity index is 1.65. The zero-order valence-corrected chi connectivity index (χ0v) is 17.5. The van der Waals surface area contributed by atoms with Gasteiger partial charge in [-0.15, -0.1) is 0 Å². The summed E-state index contributed by atoms with van der Waals surface area (Å²) in [6.45, 7) is 8.06. The van der Waals surface area contributed by atoms with Gasteiger partial charge < -0.3 is 4.74 Å². The monoisotopic (exact) mass is 384 g/mol. The molecule has 6 atom stereocenters. The zero-order chi connectivity index (χ0) is 20.3. The van der Waals surface area contributed by atoms with Gasteiger partial charge in [-0.2, -0.15) is 0 Å². The van der Waals surface area contributed by atoms with E-state index in [1.54, 1.807) is 0 Å². The number of carbonyl (C=O) groups excluding carboxylic acids is 3. The van der Waals surface area contributed by atoms with Gasteiger partial charge in [0.15, 0.2) is 11.6 Å². The first kappa shape index (κ1) is 19.6. The molecule has 0 bridgehead atoms. The number of ether oxygens (including phenoxy) is 1. The number of fused-ring (bicyclic) bond motifs is 5. The minimum atomic E-state index is -0.391. The minimum absolute atomic E-state index is 0.0290. The lowest BCUT2D eigenvalue weighted by Gasteiger charge is -2.53. The third-order valence-corrected chi connectivity index (χ3v) is 8.44. The fourth-order valence-electron chi connectivity index (χ4n) is 7.17. The quantitative estimate of drug-likeness (QED) is 0.533. The molecule has 0 aromatic rings. The fraction of sp³-hybridized carbons (Fsp3) is 0.708. The van der Waals surface area contributed by atoms with E-state index in [2.05, 4.69) is 26.8 Å². The van der Waals surface area contributed by atoms with Crippen molar-refractivity contribution in [2.75, 3.05) is 6.61 Å². The summed E-state index contributed by atoms with van der Waals surface area (Å²) in [7, 11) is 0. The van der Waals surface area contributed by atoms with Gasteiger partial charge in [-0.3, -0.25) is 14.4 Å². The lowest BCUT2D eigenvalue weighted by Crippen LogP contribution is -2.46. The van der Waals surface area contributed by atoms with Crippen molar-refractivity contribution >= 4 is 17.5 Å². The molecule has 2 saturated carbocycles. The summed E-state index contributed by atoms with van der Waals surface area (Å²) in [4.78, 5) is 36.1. The van der Waals surface area contributed by atoms with E-state index in [1.807, 2.05) is 6.08 Å². The van der Waals surface area contributed by atoms with Crippen molar-refractivity contribution in [2.45, 2.75) is 66.2 Å². The Bertz CT molecular complexity index is 790. The van der Waals surface area contributed by atoms with Crippen LogP contribution in [0.25, 0.3) is 0 Å². The number of Topliss-reactive ketones (excluding diaryl/α,β-unsaturated/α-hetero) is 1. The van der Waals surface area contributed by atoms with Gasteiger partial charge in [0.1, 0.15) is 6.61 Å². The molecule has 4 aliphatic carbocycles. The molecule has 4 nitrogen and oxygen atoms in total. The molecule has 4 rings (SSSR count). The van der Waals surface area contributed by atoms with E-state index in [0.717, 1.165) is 32.1 Å². The van der Waals surface area contributed by atoms with E-state index in [1.165, 1.54) is 18.1 Å². The molecule has 0 heterocycles. The largest absolute Gasteiger partial charge is 0.458 e. The third kappa shape index (κ3) is 2.83. The summed E-state index contributed by atoms with van der Waals surface area (Å²) in [5.74, 6) is 1.22. The van der Waals surface area contributed by atoms with E-state index >= 15 is 0 Å². The normalized spacial score (nSPS) is 41.9. The average Bonchev–Trinajstić information content (AvgIpc) is 2.90. The molecule has 0 radical (unpaired) electrons. The van der Waals surface area contributed by atoms with Crippen LogP contribution in [0.15, 0.2) is 23.3 Å². The maximum absolute atomic E-state index is 13.0. The number of esters is 1. The average molecular weight is 385 g/mol. The molecule has 2 fully saturated rings. The Morgan fingerprint density at radius 2 is 2.00 bits per heavy atom. The summed E-state index contributed by atoms with van der Waals surface area (Å²) >= 11 is 0. The van der Waals surface area contributed by atoms with Crippen LogP contribution in [0.4, 0.5) is 0 Å². The second kappa shape index (κ2) is 6.67. The molecule has 28 heavy (non-hydrogen) atoms. The van der Waals surface area contributed by atoms with Crippen LogP contribution in [-0.2, 0) is 19.1 Å². The van der Waals surface area contributed by atoms with Gasteiger partial charge in [-0.1, -0.05) is 38.0 Å². The Morgan fingerprint density at radius 1 is 1.25 bits per heavy atom. The molecular weight excluding hydrogens is 352 g/mol. The van der Waals surface area contributed by atoms with Crippen molar-refractivity contribution in [1.29, 1.82) is 0 Å². The Morgan fingerprint density at radius 3 is 2.71 bits per heavy atom. The van der Waals surface area contributed by atoms with E-state index < -0.39 is 5.97 Å². The standard InChI is InChI=1S/C24H32O4/c1-14-11-20-18-6-5-16-12-17(26)7-9-23(16,3)19(18)8-10-24(20,4)22(14)21(27)13-28-15(2)25/h8,12,14,18,20,22H,5-7,9-11,13H2,1-4H3/t14-,18?,20?,22-,23+,24+/m1/s1. The molecular formula is C24H32O4. The molecule has 152 valence electrons. The smallest absolute Gasteiger partial charge is 0.303 e. The molecule has 0 spiro atoms. The van der Waals surface area contributed by atoms with Crippen molar-refractivity contribution in [1.82, 2.24) is 0 Å². The number of rotatable bonds is 3. The SMILES string of the molecule is CC(=O)OCC(=O)[C@H]1[C@H](C)CC2C3CCC4=CC(=O)CC[C@]4(C)C3=CC[C@@]21C. The van der Waals surface area contributed by atoms with Crippen LogP contribution in [-0.4, -0.2) is 24.1 Å². The predicted octanol–water partition coefficient (Wildman–Crippen LogP) is 4.43. The number of hydrogen-bond donors (Lipinski definition) is 0. The summed E-state index contributed by atoms with van der Waals surface area (Å²) in [6, 6.07) is 0. The Labute approximate surface area is 167 Å². The van der Waals surface area contributed by atoms with E-state index in [-0.39, 0.29) is 34.9 Å². The van der Waals surface area contributed by atoms with Gasteiger partial charge in [-0.25, -0.2) is 0 Å². The van der Waals surface area contributed by atoms with Crippen LogP contribution in [0.1, 0.15) is 66.2 Å². The number of allylic oxidation sites excluding steroid dienone is 4. The third-order valence-electron chi connectivity index (χ3n) is 8.44. The van der Waals surface area contributed by atoms with Crippen LogP contribution in [0.5, 0.6) is 0 Å². The maximum Gasteiger partial charge on any atom is 0.303 e. The second-order valence-electron chi connectivity index (χ2n) is 10.0. The van der Waals surface area contributed by atoms with Crippen molar-refractivity contribution in [3.63, 3.8) is 0 Å². The molecule has 4 heteroatoms. The van der Waals surface area contributed by atoms with E-state index in [0.29, 0.717) is 24.2 Å².